The van der Waals surface area contributed by atoms with Crippen LogP contribution in [0.2, 0.25) is 0 Å². The number of fused-ring (bicyclic) bond motifs is 1. The number of aryl methyl sites for hydroxylation is 1. The summed E-state index contributed by atoms with van der Waals surface area (Å²) in [6, 6.07) is 3.82. The van der Waals surface area contributed by atoms with E-state index in [9.17, 15) is 4.79 Å². The maximum absolute atomic E-state index is 12.8. The number of carbonyl (C=O) groups is 1. The first-order valence-electron chi connectivity index (χ1n) is 11.2. The molecule has 31 heavy (non-hydrogen) atoms. The van der Waals surface area contributed by atoms with Crippen LogP contribution in [0.4, 0.5) is 5.82 Å². The minimum Gasteiger partial charge on any atom is -0.490 e. The Bertz CT molecular complexity index is 965. The van der Waals surface area contributed by atoms with Crippen LogP contribution in [0.3, 0.4) is 0 Å². The monoisotopic (exact) mass is 423 g/mol. The molecule has 0 N–H and O–H groups in total. The first-order chi connectivity index (χ1) is 14.7. The zero-order valence-electron chi connectivity index (χ0n) is 19.3. The van der Waals surface area contributed by atoms with Crippen molar-refractivity contribution in [1.82, 2.24) is 19.9 Å². The van der Waals surface area contributed by atoms with Gasteiger partial charge in [0, 0.05) is 43.2 Å². The molecule has 0 radical (unpaired) electrons. The highest BCUT2D eigenvalue weighted by Crippen LogP contribution is 2.32. The van der Waals surface area contributed by atoms with Crippen LogP contribution < -0.4 is 9.64 Å². The molecule has 2 aliphatic carbocycles. The van der Waals surface area contributed by atoms with Gasteiger partial charge in [0.1, 0.15) is 17.3 Å². The van der Waals surface area contributed by atoms with Gasteiger partial charge in [0.05, 0.1) is 12.6 Å². The lowest BCUT2D eigenvalue weighted by atomic mass is 9.96. The number of aromatic nitrogens is 3. The Kier molecular flexibility index (Phi) is 5.86. The van der Waals surface area contributed by atoms with E-state index in [1.54, 1.807) is 11.1 Å². The van der Waals surface area contributed by atoms with E-state index in [1.165, 1.54) is 6.42 Å². The maximum Gasteiger partial charge on any atom is 0.242 e. The highest BCUT2D eigenvalue weighted by atomic mass is 16.5. The Morgan fingerprint density at radius 2 is 1.94 bits per heavy atom. The van der Waals surface area contributed by atoms with Gasteiger partial charge in [-0.25, -0.2) is 9.97 Å². The average molecular weight is 424 g/mol. The van der Waals surface area contributed by atoms with Crippen molar-refractivity contribution in [3.05, 3.63) is 29.6 Å². The summed E-state index contributed by atoms with van der Waals surface area (Å²) in [5, 5.41) is 0. The van der Waals surface area contributed by atoms with Gasteiger partial charge in [0.15, 0.2) is 5.82 Å². The third-order valence-electron chi connectivity index (χ3n) is 6.34. The number of likely N-dealkylation sites (N-methyl/N-ethyl adjacent to an activating group) is 2. The molecule has 1 saturated carbocycles. The molecule has 2 heterocycles. The molecule has 0 spiro atoms. The molecule has 0 unspecified atom stereocenters. The van der Waals surface area contributed by atoms with Gasteiger partial charge in [-0.15, -0.1) is 0 Å². The second kappa shape index (κ2) is 8.44. The van der Waals surface area contributed by atoms with Crippen molar-refractivity contribution in [1.29, 1.82) is 0 Å². The number of hydrogen-bond acceptors (Lipinski definition) is 6. The predicted octanol–water partition coefficient (Wildman–Crippen LogP) is 3.65. The third-order valence-corrected chi connectivity index (χ3v) is 6.34. The first-order valence-corrected chi connectivity index (χ1v) is 11.2. The summed E-state index contributed by atoms with van der Waals surface area (Å²) in [4.78, 5) is 30.8. The van der Waals surface area contributed by atoms with Crippen LogP contribution in [0, 0.1) is 0 Å². The number of hydrogen-bond donors (Lipinski definition) is 0. The van der Waals surface area contributed by atoms with Gasteiger partial charge in [0.2, 0.25) is 5.91 Å². The largest absolute Gasteiger partial charge is 0.490 e. The Labute approximate surface area is 184 Å². The van der Waals surface area contributed by atoms with E-state index in [4.69, 9.17) is 14.7 Å². The molecule has 1 fully saturated rings. The summed E-state index contributed by atoms with van der Waals surface area (Å²) in [6.07, 6.45) is 8.45. The quantitative estimate of drug-likeness (QED) is 0.706. The van der Waals surface area contributed by atoms with Crippen molar-refractivity contribution in [3.8, 4) is 17.3 Å². The fraction of sp³-hybridized carbons (Fsp3) is 0.583. The molecule has 2 aromatic rings. The summed E-state index contributed by atoms with van der Waals surface area (Å²) >= 11 is 0. The van der Waals surface area contributed by atoms with Gasteiger partial charge in [-0.05, 0) is 65.4 Å². The highest BCUT2D eigenvalue weighted by Gasteiger charge is 2.27. The number of nitrogens with zero attached hydrogens (tertiary/aromatic N) is 5. The predicted molar refractivity (Wildman–Crippen MR) is 121 cm³/mol. The van der Waals surface area contributed by atoms with Crippen LogP contribution >= 0.6 is 0 Å². The fourth-order valence-corrected chi connectivity index (χ4v) is 3.89. The number of carbonyl (C=O) groups excluding carboxylic acids is 1. The van der Waals surface area contributed by atoms with Gasteiger partial charge in [0.25, 0.3) is 0 Å². The van der Waals surface area contributed by atoms with E-state index in [2.05, 4.69) is 4.98 Å². The second-order valence-electron chi connectivity index (χ2n) is 9.68. The van der Waals surface area contributed by atoms with E-state index < -0.39 is 0 Å². The molecule has 0 bridgehead atoms. The Hall–Kier alpha value is -2.70. The summed E-state index contributed by atoms with van der Waals surface area (Å²) in [6.45, 7) is 6.39. The Morgan fingerprint density at radius 3 is 2.61 bits per heavy atom. The third kappa shape index (κ3) is 4.65. The van der Waals surface area contributed by atoms with Crippen LogP contribution in [0.25, 0.3) is 11.5 Å². The summed E-state index contributed by atoms with van der Waals surface area (Å²) in [5.74, 6) is 2.31. The Morgan fingerprint density at radius 1 is 1.16 bits per heavy atom. The lowest BCUT2D eigenvalue weighted by Crippen LogP contribution is -2.46. The van der Waals surface area contributed by atoms with E-state index in [-0.39, 0.29) is 18.0 Å². The van der Waals surface area contributed by atoms with Gasteiger partial charge < -0.3 is 14.5 Å². The molecular weight excluding hydrogens is 390 g/mol. The first kappa shape index (κ1) is 21.5. The van der Waals surface area contributed by atoms with Crippen molar-refractivity contribution in [3.63, 3.8) is 0 Å². The van der Waals surface area contributed by atoms with Crippen LogP contribution in [-0.2, 0) is 17.6 Å². The van der Waals surface area contributed by atoms with Gasteiger partial charge >= 0.3 is 0 Å². The molecule has 2 aliphatic rings. The maximum atomic E-state index is 12.8. The molecule has 0 aliphatic heterocycles. The molecule has 4 rings (SSSR count). The van der Waals surface area contributed by atoms with Crippen LogP contribution in [0.15, 0.2) is 18.3 Å². The van der Waals surface area contributed by atoms with Gasteiger partial charge in [-0.1, -0.05) is 0 Å². The number of ether oxygens (including phenoxy) is 1. The van der Waals surface area contributed by atoms with Crippen LogP contribution in [-0.4, -0.2) is 58.0 Å². The van der Waals surface area contributed by atoms with Crippen molar-refractivity contribution < 1.29 is 9.53 Å². The number of pyridine rings is 1. The highest BCUT2D eigenvalue weighted by molar-refractivity contribution is 5.82. The number of anilines is 1. The van der Waals surface area contributed by atoms with Crippen molar-refractivity contribution >= 4 is 11.7 Å². The normalized spacial score (nSPS) is 15.9. The molecule has 1 amide bonds. The van der Waals surface area contributed by atoms with Crippen molar-refractivity contribution in [2.24, 2.45) is 0 Å². The number of amides is 1. The lowest BCUT2D eigenvalue weighted by Gasteiger charge is -2.33. The van der Waals surface area contributed by atoms with Crippen molar-refractivity contribution in [2.45, 2.75) is 70.9 Å². The van der Waals surface area contributed by atoms with E-state index >= 15 is 0 Å². The Balaban J connectivity index is 1.61. The summed E-state index contributed by atoms with van der Waals surface area (Å²) in [7, 11) is 3.78. The fourth-order valence-electron chi connectivity index (χ4n) is 3.89. The smallest absolute Gasteiger partial charge is 0.242 e. The summed E-state index contributed by atoms with van der Waals surface area (Å²) in [5.41, 5.74) is 2.70. The van der Waals surface area contributed by atoms with E-state index in [0.717, 1.165) is 54.9 Å². The molecule has 2 aromatic heterocycles. The molecule has 7 heteroatoms. The van der Waals surface area contributed by atoms with Crippen molar-refractivity contribution in [2.75, 3.05) is 25.5 Å². The SMILES string of the molecule is CN(CC(=O)N(C)C(C)(C)C)c1nc(-c2cc(OC3CCC3)ccn2)nc2c1CCC2. The second-order valence-corrected chi connectivity index (χ2v) is 9.68. The average Bonchev–Trinajstić information content (AvgIpc) is 3.17. The zero-order valence-corrected chi connectivity index (χ0v) is 19.3. The lowest BCUT2D eigenvalue weighted by molar-refractivity contribution is -0.132. The summed E-state index contributed by atoms with van der Waals surface area (Å²) < 4.78 is 6.04. The molecule has 7 nitrogen and oxygen atoms in total. The molecular formula is C24H33N5O2. The van der Waals surface area contributed by atoms with Gasteiger partial charge in [-0.2, -0.15) is 0 Å². The molecule has 0 saturated heterocycles. The minimum atomic E-state index is -0.221. The van der Waals surface area contributed by atoms with Crippen LogP contribution in [0.5, 0.6) is 5.75 Å². The van der Waals surface area contributed by atoms with E-state index in [1.807, 2.05) is 51.9 Å². The minimum absolute atomic E-state index is 0.0657. The van der Waals surface area contributed by atoms with Crippen LogP contribution in [0.1, 0.15) is 57.7 Å². The standard InChI is InChI=1S/C24H33N5O2/c1-24(2,3)29(5)21(30)15-28(4)23-18-10-7-11-19(18)26-22(27-23)20-14-17(12-13-25-20)31-16-8-6-9-16/h12-14,16H,6-11,15H2,1-5H3. The number of rotatable bonds is 6. The zero-order chi connectivity index (χ0) is 22.2. The van der Waals surface area contributed by atoms with E-state index in [0.29, 0.717) is 17.6 Å². The molecule has 0 atom stereocenters. The topological polar surface area (TPSA) is 71.5 Å². The molecule has 166 valence electrons. The van der Waals surface area contributed by atoms with Gasteiger partial charge in [-0.3, -0.25) is 9.78 Å². The molecule has 0 aromatic carbocycles.